The number of anilines is 2. The van der Waals surface area contributed by atoms with Crippen LogP contribution in [0.5, 0.6) is 0 Å². The van der Waals surface area contributed by atoms with Crippen molar-refractivity contribution >= 4 is 28.4 Å². The molecule has 3 atom stereocenters. The Kier molecular flexibility index (Phi) is 3.40. The maximum atomic E-state index is 10.2. The van der Waals surface area contributed by atoms with E-state index in [9.17, 15) is 5.11 Å². The Balaban J connectivity index is 1.36. The van der Waals surface area contributed by atoms with Gasteiger partial charge < -0.3 is 20.7 Å². The highest BCUT2D eigenvalue weighted by molar-refractivity contribution is 6.00. The fourth-order valence-corrected chi connectivity index (χ4v) is 4.62. The van der Waals surface area contributed by atoms with Crippen LogP contribution in [0.2, 0.25) is 0 Å². The number of nitrogens with one attached hydrogen (secondary N) is 3. The van der Waals surface area contributed by atoms with Gasteiger partial charge in [0.25, 0.3) is 0 Å². The molecular formula is C20H22N8O. The molecule has 4 heterocycles. The van der Waals surface area contributed by atoms with Gasteiger partial charge in [0.2, 0.25) is 5.95 Å². The van der Waals surface area contributed by atoms with Crippen LogP contribution in [0.4, 0.5) is 11.8 Å². The van der Waals surface area contributed by atoms with E-state index in [-0.39, 0.29) is 0 Å². The van der Waals surface area contributed by atoms with Crippen molar-refractivity contribution in [3.8, 4) is 11.3 Å². The van der Waals surface area contributed by atoms with E-state index in [0.717, 1.165) is 59.4 Å². The number of hydrogen-bond donors (Lipinski definition) is 4. The second-order valence-electron chi connectivity index (χ2n) is 8.14. The SMILES string of the molecule is CNc1nc(N[C@H]2CC[C@]3(O)CC3C2)nc2[nH]cc(-c3ccc4nccn4n3)c12. The van der Waals surface area contributed by atoms with E-state index >= 15 is 0 Å². The molecule has 0 amide bonds. The van der Waals surface area contributed by atoms with E-state index in [0.29, 0.717) is 17.9 Å². The molecule has 4 N–H and O–H groups in total. The molecule has 2 aliphatic carbocycles. The first-order chi connectivity index (χ1) is 14.1. The summed E-state index contributed by atoms with van der Waals surface area (Å²) in [4.78, 5) is 16.9. The predicted molar refractivity (Wildman–Crippen MR) is 110 cm³/mol. The van der Waals surface area contributed by atoms with Gasteiger partial charge in [-0.2, -0.15) is 15.1 Å². The summed E-state index contributed by atoms with van der Waals surface area (Å²) in [6, 6.07) is 4.19. The maximum absolute atomic E-state index is 10.2. The summed E-state index contributed by atoms with van der Waals surface area (Å²) in [6.07, 6.45) is 9.17. The van der Waals surface area contributed by atoms with Gasteiger partial charge in [-0.3, -0.25) is 0 Å². The number of imidazole rings is 1. The summed E-state index contributed by atoms with van der Waals surface area (Å²) in [5, 5.41) is 22.5. The number of aliphatic hydroxyl groups is 1. The summed E-state index contributed by atoms with van der Waals surface area (Å²) in [5.74, 6) is 1.77. The molecule has 0 spiro atoms. The van der Waals surface area contributed by atoms with Crippen LogP contribution >= 0.6 is 0 Å². The molecule has 0 saturated heterocycles. The summed E-state index contributed by atoms with van der Waals surface area (Å²) in [7, 11) is 1.86. The zero-order valence-electron chi connectivity index (χ0n) is 16.1. The van der Waals surface area contributed by atoms with Crippen molar-refractivity contribution in [3.05, 3.63) is 30.7 Å². The predicted octanol–water partition coefficient (Wildman–Crippen LogP) is 2.42. The Labute approximate surface area is 166 Å². The fourth-order valence-electron chi connectivity index (χ4n) is 4.62. The average molecular weight is 390 g/mol. The maximum Gasteiger partial charge on any atom is 0.226 e. The number of hydrogen-bond acceptors (Lipinski definition) is 7. The van der Waals surface area contributed by atoms with E-state index in [1.807, 2.05) is 31.6 Å². The van der Waals surface area contributed by atoms with Crippen LogP contribution in [0, 0.1) is 5.92 Å². The van der Waals surface area contributed by atoms with Crippen LogP contribution < -0.4 is 10.6 Å². The summed E-state index contributed by atoms with van der Waals surface area (Å²) >= 11 is 0. The van der Waals surface area contributed by atoms with E-state index in [1.165, 1.54) is 0 Å². The number of H-pyrrole nitrogens is 1. The number of fused-ring (bicyclic) bond motifs is 3. The molecule has 0 bridgehead atoms. The van der Waals surface area contributed by atoms with Crippen molar-refractivity contribution in [2.45, 2.75) is 37.3 Å². The molecular weight excluding hydrogens is 368 g/mol. The highest BCUT2D eigenvalue weighted by Crippen LogP contribution is 2.53. The van der Waals surface area contributed by atoms with Gasteiger partial charge in [0.1, 0.15) is 11.5 Å². The van der Waals surface area contributed by atoms with Crippen LogP contribution in [0.25, 0.3) is 27.9 Å². The zero-order chi connectivity index (χ0) is 19.6. The standard InChI is InChI=1S/C20H22N8O/c1-21-17-16-13(14-2-3-15-22-6-7-28(15)27-14)10-23-18(16)26-19(25-17)24-12-4-5-20(29)9-11(20)8-12/h2-3,6-7,10-12,29H,4-5,8-9H2,1H3,(H3,21,23,24,25,26)/t11?,12-,20-/m0/s1. The molecule has 9 heteroatoms. The number of aromatic amines is 1. The van der Waals surface area contributed by atoms with Crippen molar-refractivity contribution < 1.29 is 5.11 Å². The quantitative estimate of drug-likeness (QED) is 0.423. The van der Waals surface area contributed by atoms with Crippen LogP contribution in [-0.2, 0) is 0 Å². The van der Waals surface area contributed by atoms with Crippen molar-refractivity contribution in [1.29, 1.82) is 0 Å². The molecule has 4 aromatic rings. The van der Waals surface area contributed by atoms with Crippen LogP contribution in [0.3, 0.4) is 0 Å². The highest BCUT2D eigenvalue weighted by atomic mass is 16.3. The first kappa shape index (κ1) is 16.7. The molecule has 9 nitrogen and oxygen atoms in total. The lowest BCUT2D eigenvalue weighted by Crippen LogP contribution is -2.30. The van der Waals surface area contributed by atoms with Crippen LogP contribution in [-0.4, -0.2) is 53.3 Å². The van der Waals surface area contributed by atoms with Gasteiger partial charge in [0.05, 0.1) is 16.7 Å². The van der Waals surface area contributed by atoms with Gasteiger partial charge in [-0.05, 0) is 43.7 Å². The minimum absolute atomic E-state index is 0.296. The third kappa shape index (κ3) is 2.65. The van der Waals surface area contributed by atoms with Gasteiger partial charge in [0.15, 0.2) is 5.65 Å². The summed E-state index contributed by atoms with van der Waals surface area (Å²) < 4.78 is 1.76. The molecule has 4 aromatic heterocycles. The van der Waals surface area contributed by atoms with Gasteiger partial charge in [-0.15, -0.1) is 0 Å². The Morgan fingerprint density at radius 1 is 1.31 bits per heavy atom. The van der Waals surface area contributed by atoms with Crippen molar-refractivity contribution in [3.63, 3.8) is 0 Å². The van der Waals surface area contributed by atoms with E-state index in [4.69, 9.17) is 9.97 Å². The molecule has 0 radical (unpaired) electrons. The lowest BCUT2D eigenvalue weighted by molar-refractivity contribution is 0.0981. The molecule has 2 fully saturated rings. The lowest BCUT2D eigenvalue weighted by Gasteiger charge is -2.25. The molecule has 29 heavy (non-hydrogen) atoms. The minimum Gasteiger partial charge on any atom is -0.390 e. The fraction of sp³-hybridized carbons (Fsp3) is 0.400. The molecule has 0 aliphatic heterocycles. The van der Waals surface area contributed by atoms with Gasteiger partial charge >= 0.3 is 0 Å². The Bertz CT molecular complexity index is 1230. The van der Waals surface area contributed by atoms with Gasteiger partial charge in [0, 0.05) is 37.2 Å². The molecule has 2 aliphatic rings. The number of rotatable bonds is 4. The Morgan fingerprint density at radius 3 is 3.10 bits per heavy atom. The third-order valence-corrected chi connectivity index (χ3v) is 6.33. The topological polar surface area (TPSA) is 116 Å². The van der Waals surface area contributed by atoms with Gasteiger partial charge in [-0.1, -0.05) is 0 Å². The molecule has 2 saturated carbocycles. The first-order valence-corrected chi connectivity index (χ1v) is 9.99. The molecule has 6 rings (SSSR count). The number of aromatic nitrogens is 6. The lowest BCUT2D eigenvalue weighted by atomic mass is 9.93. The first-order valence-electron chi connectivity index (χ1n) is 9.99. The second kappa shape index (κ2) is 5.90. The van der Waals surface area contributed by atoms with E-state index in [2.05, 4.69) is 25.7 Å². The Hall–Kier alpha value is -3.20. The summed E-state index contributed by atoms with van der Waals surface area (Å²) in [5.41, 5.74) is 2.93. The Morgan fingerprint density at radius 2 is 2.24 bits per heavy atom. The minimum atomic E-state index is -0.392. The van der Waals surface area contributed by atoms with Crippen molar-refractivity contribution in [2.75, 3.05) is 17.7 Å². The zero-order valence-corrected chi connectivity index (χ0v) is 16.1. The highest BCUT2D eigenvalue weighted by Gasteiger charge is 2.55. The summed E-state index contributed by atoms with van der Waals surface area (Å²) in [6.45, 7) is 0. The van der Waals surface area contributed by atoms with E-state index < -0.39 is 5.60 Å². The largest absolute Gasteiger partial charge is 0.390 e. The molecule has 148 valence electrons. The van der Waals surface area contributed by atoms with Crippen molar-refractivity contribution in [2.24, 2.45) is 5.92 Å². The smallest absolute Gasteiger partial charge is 0.226 e. The average Bonchev–Trinajstić information content (AvgIpc) is 3.07. The number of nitrogens with zero attached hydrogens (tertiary/aromatic N) is 5. The van der Waals surface area contributed by atoms with Gasteiger partial charge in [-0.25, -0.2) is 9.50 Å². The van der Waals surface area contributed by atoms with Crippen molar-refractivity contribution in [1.82, 2.24) is 29.5 Å². The van der Waals surface area contributed by atoms with Crippen LogP contribution in [0.15, 0.2) is 30.7 Å². The van der Waals surface area contributed by atoms with Crippen LogP contribution in [0.1, 0.15) is 25.7 Å². The van der Waals surface area contributed by atoms with E-state index in [1.54, 1.807) is 10.7 Å². The molecule has 0 aromatic carbocycles. The second-order valence-corrected chi connectivity index (χ2v) is 8.14. The third-order valence-electron chi connectivity index (χ3n) is 6.33. The normalized spacial score (nSPS) is 25.9. The monoisotopic (exact) mass is 390 g/mol. The molecule has 1 unspecified atom stereocenters.